The molecule has 0 radical (unpaired) electrons. The molecule has 1 aromatic heterocycles. The molecule has 7 nitrogen and oxygen atoms in total. The number of aliphatic imine (C=N–C) groups is 1. The molecule has 8 heteroatoms. The highest BCUT2D eigenvalue weighted by molar-refractivity contribution is 6.30. The quantitative estimate of drug-likeness (QED) is 0.674. The minimum absolute atomic E-state index is 0.505. The van der Waals surface area contributed by atoms with Crippen molar-refractivity contribution in [2.24, 2.45) is 10.7 Å². The Kier molecular flexibility index (Phi) is 5.09. The Morgan fingerprint density at radius 1 is 1.26 bits per heavy atom. The van der Waals surface area contributed by atoms with E-state index in [1.165, 1.54) is 0 Å². The summed E-state index contributed by atoms with van der Waals surface area (Å²) in [6.07, 6.45) is 0.547. The van der Waals surface area contributed by atoms with Gasteiger partial charge in [-0.2, -0.15) is 4.98 Å². The first kappa shape index (κ1) is 15.8. The van der Waals surface area contributed by atoms with Crippen molar-refractivity contribution in [3.8, 4) is 11.4 Å². The van der Waals surface area contributed by atoms with Crippen LogP contribution >= 0.6 is 11.6 Å². The van der Waals surface area contributed by atoms with E-state index in [1.54, 1.807) is 12.1 Å². The summed E-state index contributed by atoms with van der Waals surface area (Å²) in [4.78, 5) is 10.7. The lowest BCUT2D eigenvalue weighted by molar-refractivity contribution is 0.0674. The molecule has 0 spiro atoms. The van der Waals surface area contributed by atoms with E-state index >= 15 is 0 Å². The van der Waals surface area contributed by atoms with Crippen LogP contribution in [0.15, 0.2) is 33.8 Å². The Hall–Kier alpha value is -2.12. The van der Waals surface area contributed by atoms with Crippen molar-refractivity contribution in [1.82, 2.24) is 15.0 Å². The molecule has 3 rings (SSSR count). The number of aromatic nitrogens is 2. The van der Waals surface area contributed by atoms with Crippen LogP contribution in [0.5, 0.6) is 0 Å². The van der Waals surface area contributed by atoms with E-state index in [2.05, 4.69) is 15.1 Å². The Labute approximate surface area is 139 Å². The molecular weight excluding hydrogens is 318 g/mol. The van der Waals surface area contributed by atoms with Crippen LogP contribution in [-0.4, -0.2) is 53.8 Å². The fourth-order valence-corrected chi connectivity index (χ4v) is 2.36. The van der Waals surface area contributed by atoms with Gasteiger partial charge in [-0.3, -0.25) is 4.99 Å². The van der Waals surface area contributed by atoms with Crippen molar-refractivity contribution in [3.05, 3.63) is 35.2 Å². The monoisotopic (exact) mass is 335 g/mol. The average Bonchev–Trinajstić information content (AvgIpc) is 3.05. The lowest BCUT2D eigenvalue weighted by Crippen LogP contribution is -2.44. The van der Waals surface area contributed by atoms with Crippen LogP contribution in [0.25, 0.3) is 11.4 Å². The molecule has 2 heterocycles. The lowest BCUT2D eigenvalue weighted by Gasteiger charge is -2.27. The lowest BCUT2D eigenvalue weighted by atomic mass is 10.2. The topological polar surface area (TPSA) is 89.8 Å². The highest BCUT2D eigenvalue weighted by Gasteiger charge is 2.12. The number of morpholine rings is 1. The number of halogens is 1. The predicted molar refractivity (Wildman–Crippen MR) is 87.3 cm³/mol. The third-order valence-corrected chi connectivity index (χ3v) is 3.76. The second-order valence-corrected chi connectivity index (χ2v) is 5.54. The molecule has 1 saturated heterocycles. The predicted octanol–water partition coefficient (Wildman–Crippen LogP) is 1.58. The zero-order valence-corrected chi connectivity index (χ0v) is 13.4. The number of hydrogen-bond acceptors (Lipinski definition) is 5. The third-order valence-electron chi connectivity index (χ3n) is 3.51. The number of hydrogen-bond donors (Lipinski definition) is 1. The first-order chi connectivity index (χ1) is 11.2. The van der Waals surface area contributed by atoms with Crippen molar-refractivity contribution in [2.75, 3.05) is 32.8 Å². The van der Waals surface area contributed by atoms with Gasteiger partial charge in [-0.1, -0.05) is 16.8 Å². The smallest absolute Gasteiger partial charge is 0.228 e. The van der Waals surface area contributed by atoms with Gasteiger partial charge in [0.2, 0.25) is 11.7 Å². The van der Waals surface area contributed by atoms with Gasteiger partial charge in [0.25, 0.3) is 0 Å². The van der Waals surface area contributed by atoms with E-state index in [0.717, 1.165) is 18.7 Å². The van der Waals surface area contributed by atoms with Crippen LogP contribution in [0, 0.1) is 0 Å². The zero-order chi connectivity index (χ0) is 16.1. The van der Waals surface area contributed by atoms with Gasteiger partial charge >= 0.3 is 0 Å². The van der Waals surface area contributed by atoms with Gasteiger partial charge in [-0.25, -0.2) is 0 Å². The average molecular weight is 336 g/mol. The summed E-state index contributed by atoms with van der Waals surface area (Å²) in [5.41, 5.74) is 6.83. The number of nitrogens with zero attached hydrogens (tertiary/aromatic N) is 4. The number of guanidine groups is 1. The summed E-state index contributed by atoms with van der Waals surface area (Å²) in [6, 6.07) is 7.29. The molecule has 0 bridgehead atoms. The van der Waals surface area contributed by atoms with Crippen LogP contribution in [0.2, 0.25) is 5.02 Å². The van der Waals surface area contributed by atoms with E-state index in [9.17, 15) is 0 Å². The van der Waals surface area contributed by atoms with Crippen LogP contribution in [0.3, 0.4) is 0 Å². The van der Waals surface area contributed by atoms with Crippen LogP contribution in [0.1, 0.15) is 5.89 Å². The molecule has 1 aliphatic rings. The van der Waals surface area contributed by atoms with Gasteiger partial charge in [0.05, 0.1) is 19.8 Å². The van der Waals surface area contributed by atoms with E-state index < -0.39 is 0 Å². The highest BCUT2D eigenvalue weighted by Crippen LogP contribution is 2.18. The molecule has 2 aromatic rings. The van der Waals surface area contributed by atoms with Crippen molar-refractivity contribution >= 4 is 17.6 Å². The minimum Gasteiger partial charge on any atom is -0.378 e. The van der Waals surface area contributed by atoms with Crippen LogP contribution < -0.4 is 5.73 Å². The van der Waals surface area contributed by atoms with Crippen molar-refractivity contribution in [2.45, 2.75) is 6.42 Å². The normalized spacial score (nSPS) is 15.9. The van der Waals surface area contributed by atoms with Gasteiger partial charge in [0.1, 0.15) is 0 Å². The molecule has 0 saturated carbocycles. The summed E-state index contributed by atoms with van der Waals surface area (Å²) in [5, 5.41) is 4.64. The molecule has 1 aromatic carbocycles. The van der Waals surface area contributed by atoms with E-state index in [0.29, 0.717) is 48.9 Å². The fourth-order valence-electron chi connectivity index (χ4n) is 2.23. The van der Waals surface area contributed by atoms with Crippen molar-refractivity contribution in [3.63, 3.8) is 0 Å². The summed E-state index contributed by atoms with van der Waals surface area (Å²) in [7, 11) is 0. The Morgan fingerprint density at radius 3 is 2.74 bits per heavy atom. The summed E-state index contributed by atoms with van der Waals surface area (Å²) >= 11 is 5.86. The second kappa shape index (κ2) is 7.43. The molecule has 122 valence electrons. The highest BCUT2D eigenvalue weighted by atomic mass is 35.5. The molecular formula is C15H18ClN5O2. The standard InChI is InChI=1S/C15H18ClN5O2/c16-12-3-1-11(2-4-12)14-19-13(23-20-14)5-6-18-15(17)21-7-9-22-10-8-21/h1-4H,5-10H2,(H2,17,18). The molecule has 0 atom stereocenters. The van der Waals surface area contributed by atoms with Gasteiger partial charge in [0, 0.05) is 30.1 Å². The number of ether oxygens (including phenoxy) is 1. The van der Waals surface area contributed by atoms with Crippen molar-refractivity contribution < 1.29 is 9.26 Å². The SMILES string of the molecule is NC(=NCCc1nc(-c2ccc(Cl)cc2)no1)N1CCOCC1. The van der Waals surface area contributed by atoms with E-state index in [-0.39, 0.29) is 0 Å². The van der Waals surface area contributed by atoms with E-state index in [4.69, 9.17) is 26.6 Å². The maximum atomic E-state index is 5.96. The summed E-state index contributed by atoms with van der Waals surface area (Å²) in [6.45, 7) is 3.42. The van der Waals surface area contributed by atoms with Crippen LogP contribution in [-0.2, 0) is 11.2 Å². The first-order valence-corrected chi connectivity index (χ1v) is 7.81. The molecule has 2 N–H and O–H groups in total. The number of nitrogens with two attached hydrogens (primary N) is 1. The van der Waals surface area contributed by atoms with Gasteiger partial charge in [0.15, 0.2) is 5.96 Å². The molecule has 0 amide bonds. The third kappa shape index (κ3) is 4.20. The maximum Gasteiger partial charge on any atom is 0.228 e. The number of benzene rings is 1. The van der Waals surface area contributed by atoms with E-state index in [1.807, 2.05) is 17.0 Å². The molecule has 23 heavy (non-hydrogen) atoms. The van der Waals surface area contributed by atoms with Crippen LogP contribution in [0.4, 0.5) is 0 Å². The largest absolute Gasteiger partial charge is 0.378 e. The Bertz CT molecular complexity index is 665. The second-order valence-electron chi connectivity index (χ2n) is 5.11. The first-order valence-electron chi connectivity index (χ1n) is 7.43. The summed E-state index contributed by atoms with van der Waals surface area (Å²) < 4.78 is 10.5. The zero-order valence-electron chi connectivity index (χ0n) is 12.6. The van der Waals surface area contributed by atoms with Crippen molar-refractivity contribution in [1.29, 1.82) is 0 Å². The van der Waals surface area contributed by atoms with Gasteiger partial charge in [-0.05, 0) is 24.3 Å². The number of rotatable bonds is 4. The minimum atomic E-state index is 0.505. The fraction of sp³-hybridized carbons (Fsp3) is 0.400. The molecule has 0 unspecified atom stereocenters. The molecule has 0 aliphatic carbocycles. The van der Waals surface area contributed by atoms with Gasteiger partial charge < -0.3 is 19.9 Å². The Balaban J connectivity index is 1.55. The molecule has 1 aliphatic heterocycles. The van der Waals surface area contributed by atoms with Gasteiger partial charge in [-0.15, -0.1) is 0 Å². The molecule has 1 fully saturated rings. The Morgan fingerprint density at radius 2 is 2.00 bits per heavy atom. The summed E-state index contributed by atoms with van der Waals surface area (Å²) in [5.74, 6) is 1.61. The maximum absolute atomic E-state index is 5.96.